The molecular formula is C23H21F2N3O6. The van der Waals surface area contributed by atoms with Gasteiger partial charge in [-0.3, -0.25) is 9.59 Å². The molecule has 0 bridgehead atoms. The van der Waals surface area contributed by atoms with E-state index in [9.17, 15) is 23.2 Å². The lowest BCUT2D eigenvalue weighted by molar-refractivity contribution is -0.126. The van der Waals surface area contributed by atoms with Crippen LogP contribution < -0.4 is 15.4 Å². The summed E-state index contributed by atoms with van der Waals surface area (Å²) in [5, 5.41) is 8.40. The van der Waals surface area contributed by atoms with Crippen LogP contribution in [0, 0.1) is 25.5 Å². The van der Waals surface area contributed by atoms with Gasteiger partial charge < -0.3 is 24.6 Å². The Bertz CT molecular complexity index is 1170. The zero-order valence-corrected chi connectivity index (χ0v) is 18.3. The number of hydrogen-bond acceptors (Lipinski definition) is 7. The molecule has 2 aromatic carbocycles. The summed E-state index contributed by atoms with van der Waals surface area (Å²) in [6, 6.07) is 8.97. The minimum Gasteiger partial charge on any atom is -0.489 e. The molecule has 3 aromatic rings. The van der Waals surface area contributed by atoms with Gasteiger partial charge in [-0.2, -0.15) is 0 Å². The maximum Gasteiger partial charge on any atom is 0.338 e. The molecule has 0 aliphatic heterocycles. The highest BCUT2D eigenvalue weighted by atomic mass is 19.2. The van der Waals surface area contributed by atoms with E-state index in [0.29, 0.717) is 11.5 Å². The van der Waals surface area contributed by atoms with E-state index in [0.717, 1.165) is 23.4 Å². The van der Waals surface area contributed by atoms with Crippen LogP contribution >= 0.6 is 0 Å². The van der Waals surface area contributed by atoms with Crippen molar-refractivity contribution in [3.63, 3.8) is 0 Å². The summed E-state index contributed by atoms with van der Waals surface area (Å²) in [5.74, 6) is -3.11. The van der Waals surface area contributed by atoms with Crippen LogP contribution in [0.1, 0.15) is 27.4 Å². The first-order chi connectivity index (χ1) is 16.2. The molecule has 0 saturated carbocycles. The molecule has 2 N–H and O–H groups in total. The predicted molar refractivity (Wildman–Crippen MR) is 115 cm³/mol. The number of halogens is 2. The minimum atomic E-state index is -1.12. The SMILES string of the molecule is Cc1noc(C)c1COc1ccc(C(=O)OCC(=O)NCC(=O)Nc2ccc(F)c(F)c2)cc1. The summed E-state index contributed by atoms with van der Waals surface area (Å²) in [5.41, 5.74) is 1.81. The van der Waals surface area contributed by atoms with Gasteiger partial charge in [-0.15, -0.1) is 0 Å². The number of rotatable bonds is 9. The van der Waals surface area contributed by atoms with Crippen molar-refractivity contribution in [1.82, 2.24) is 10.5 Å². The van der Waals surface area contributed by atoms with E-state index in [2.05, 4.69) is 15.8 Å². The Morgan fingerprint density at radius 1 is 1.00 bits per heavy atom. The number of ether oxygens (including phenoxy) is 2. The second kappa shape index (κ2) is 11.0. The molecule has 0 aliphatic rings. The van der Waals surface area contributed by atoms with Crippen LogP contribution in [0.4, 0.5) is 14.5 Å². The summed E-state index contributed by atoms with van der Waals surface area (Å²) < 4.78 is 41.7. The molecule has 3 rings (SSSR count). The van der Waals surface area contributed by atoms with Gasteiger partial charge in [0.05, 0.1) is 23.4 Å². The fourth-order valence-corrected chi connectivity index (χ4v) is 2.77. The summed E-state index contributed by atoms with van der Waals surface area (Å²) in [6.07, 6.45) is 0. The Hall–Kier alpha value is -4.28. The van der Waals surface area contributed by atoms with Crippen molar-refractivity contribution in [3.8, 4) is 5.75 Å². The summed E-state index contributed by atoms with van der Waals surface area (Å²) in [6.45, 7) is 2.79. The van der Waals surface area contributed by atoms with E-state index in [1.54, 1.807) is 19.1 Å². The maximum atomic E-state index is 13.2. The van der Waals surface area contributed by atoms with Gasteiger partial charge in [0.25, 0.3) is 5.91 Å². The Kier molecular flexibility index (Phi) is 7.91. The number of amides is 2. The standard InChI is InChI=1S/C23H21F2N3O6/c1-13-18(14(2)34-28-13)11-32-17-6-3-15(4-7-17)23(31)33-12-22(30)26-10-21(29)27-16-5-8-19(24)20(25)9-16/h3-9H,10-12H2,1-2H3,(H,26,30)(H,27,29). The van der Waals surface area contributed by atoms with Crippen LogP contribution in [0.5, 0.6) is 5.75 Å². The van der Waals surface area contributed by atoms with E-state index in [-0.39, 0.29) is 17.9 Å². The molecule has 0 spiro atoms. The Balaban J connectivity index is 1.39. The fourth-order valence-electron chi connectivity index (χ4n) is 2.77. The highest BCUT2D eigenvalue weighted by Gasteiger charge is 2.13. The van der Waals surface area contributed by atoms with Crippen molar-refractivity contribution in [2.75, 3.05) is 18.5 Å². The number of hydrogen-bond donors (Lipinski definition) is 2. The molecule has 0 saturated heterocycles. The third kappa shape index (κ3) is 6.61. The number of carbonyl (C=O) groups excluding carboxylic acids is 3. The molecule has 0 fully saturated rings. The van der Waals surface area contributed by atoms with Gasteiger partial charge >= 0.3 is 5.97 Å². The zero-order chi connectivity index (χ0) is 24.7. The lowest BCUT2D eigenvalue weighted by atomic mass is 10.2. The van der Waals surface area contributed by atoms with E-state index < -0.39 is 42.6 Å². The van der Waals surface area contributed by atoms with E-state index in [4.69, 9.17) is 14.0 Å². The fraction of sp³-hybridized carbons (Fsp3) is 0.217. The normalized spacial score (nSPS) is 10.5. The molecule has 0 aliphatic carbocycles. The van der Waals surface area contributed by atoms with Gasteiger partial charge in [-0.1, -0.05) is 5.16 Å². The number of aryl methyl sites for hydroxylation is 2. The maximum absolute atomic E-state index is 13.2. The van der Waals surface area contributed by atoms with Crippen molar-refractivity contribution < 1.29 is 37.2 Å². The van der Waals surface area contributed by atoms with Gasteiger partial charge in [0, 0.05) is 11.8 Å². The molecule has 1 heterocycles. The monoisotopic (exact) mass is 473 g/mol. The second-order valence-corrected chi connectivity index (χ2v) is 7.15. The largest absolute Gasteiger partial charge is 0.489 e. The van der Waals surface area contributed by atoms with Crippen molar-refractivity contribution in [1.29, 1.82) is 0 Å². The smallest absolute Gasteiger partial charge is 0.338 e. The molecule has 1 aromatic heterocycles. The molecule has 34 heavy (non-hydrogen) atoms. The van der Waals surface area contributed by atoms with Gasteiger partial charge in [0.15, 0.2) is 18.2 Å². The summed E-state index contributed by atoms with van der Waals surface area (Å²) in [7, 11) is 0. The lowest BCUT2D eigenvalue weighted by Gasteiger charge is -2.09. The Morgan fingerprint density at radius 3 is 2.38 bits per heavy atom. The number of aromatic nitrogens is 1. The van der Waals surface area contributed by atoms with Crippen LogP contribution in [0.15, 0.2) is 47.0 Å². The average molecular weight is 473 g/mol. The van der Waals surface area contributed by atoms with Crippen LogP contribution in [0.2, 0.25) is 0 Å². The second-order valence-electron chi connectivity index (χ2n) is 7.15. The lowest BCUT2D eigenvalue weighted by Crippen LogP contribution is -2.35. The summed E-state index contributed by atoms with van der Waals surface area (Å²) >= 11 is 0. The molecule has 11 heteroatoms. The number of nitrogens with zero attached hydrogens (tertiary/aromatic N) is 1. The third-order valence-corrected chi connectivity index (χ3v) is 4.64. The first-order valence-corrected chi connectivity index (χ1v) is 10.1. The first kappa shape index (κ1) is 24.4. The van der Waals surface area contributed by atoms with Crippen LogP contribution in [-0.4, -0.2) is 36.1 Å². The Morgan fingerprint density at radius 2 is 1.74 bits per heavy atom. The van der Waals surface area contributed by atoms with E-state index in [1.807, 2.05) is 6.92 Å². The topological polar surface area (TPSA) is 120 Å². The van der Waals surface area contributed by atoms with Crippen LogP contribution in [0.25, 0.3) is 0 Å². The highest BCUT2D eigenvalue weighted by Crippen LogP contribution is 2.18. The quantitative estimate of drug-likeness (QED) is 0.459. The minimum absolute atomic E-state index is 0.0312. The van der Waals surface area contributed by atoms with Gasteiger partial charge in [0.2, 0.25) is 5.91 Å². The number of anilines is 1. The van der Waals surface area contributed by atoms with E-state index in [1.165, 1.54) is 18.2 Å². The number of benzene rings is 2. The van der Waals surface area contributed by atoms with E-state index >= 15 is 0 Å². The third-order valence-electron chi connectivity index (χ3n) is 4.64. The molecule has 0 radical (unpaired) electrons. The zero-order valence-electron chi connectivity index (χ0n) is 18.3. The van der Waals surface area contributed by atoms with Crippen molar-refractivity contribution in [2.45, 2.75) is 20.5 Å². The van der Waals surface area contributed by atoms with Gasteiger partial charge in [-0.25, -0.2) is 13.6 Å². The van der Waals surface area contributed by atoms with Crippen LogP contribution in [0.3, 0.4) is 0 Å². The molecule has 178 valence electrons. The molecule has 2 amide bonds. The Labute approximate surface area is 193 Å². The van der Waals surface area contributed by atoms with Gasteiger partial charge in [0.1, 0.15) is 18.1 Å². The van der Waals surface area contributed by atoms with Crippen molar-refractivity contribution in [2.24, 2.45) is 0 Å². The molecule has 9 nitrogen and oxygen atoms in total. The van der Waals surface area contributed by atoms with Crippen molar-refractivity contribution in [3.05, 3.63) is 76.7 Å². The van der Waals surface area contributed by atoms with Gasteiger partial charge in [-0.05, 0) is 50.2 Å². The first-order valence-electron chi connectivity index (χ1n) is 10.1. The number of esters is 1. The highest BCUT2D eigenvalue weighted by molar-refractivity contribution is 5.95. The molecule has 0 unspecified atom stereocenters. The molecule has 0 atom stereocenters. The number of nitrogens with one attached hydrogen (secondary N) is 2. The average Bonchev–Trinajstić information content (AvgIpc) is 3.14. The van der Waals surface area contributed by atoms with Crippen LogP contribution in [-0.2, 0) is 20.9 Å². The molecular weight excluding hydrogens is 452 g/mol. The summed E-state index contributed by atoms with van der Waals surface area (Å²) in [4.78, 5) is 35.8. The van der Waals surface area contributed by atoms with Crippen molar-refractivity contribution >= 4 is 23.5 Å². The predicted octanol–water partition coefficient (Wildman–Crippen LogP) is 3.06. The number of carbonyl (C=O) groups is 3.